The SMILES string of the molecule is CCCCC/C=C\C/C=C\CCCCCCCCCCCC(=O)OC[C@H](COP(=O)(O)O[C@H]1C(O)C(O)C(OP(=O)(O)O)[C@@H](OP(=O)(O)O)C1O)OC(=O)CCCCCCCCCCCCCCC. The zero-order chi connectivity index (χ0) is 51.4. The molecule has 5 unspecified atom stereocenters. The monoisotopic (exact) mass is 1050 g/mol. The van der Waals surface area contributed by atoms with Crippen molar-refractivity contribution in [2.45, 2.75) is 249 Å². The average Bonchev–Trinajstić information content (AvgIpc) is 3.28. The first-order valence-corrected chi connectivity index (χ1v) is 30.2. The highest BCUT2D eigenvalue weighted by molar-refractivity contribution is 7.47. The smallest absolute Gasteiger partial charge is 0.462 e. The standard InChI is InChI=1S/C47H89O19P3/c1-3-5-7-9-11-13-15-17-18-19-20-21-22-24-25-27-29-31-33-35-40(48)61-37-39(63-41(49)36-34-32-30-28-26-23-16-14-12-10-8-6-4-2)38-62-69(59,60)66-45-42(50)43(51)46(64-67(53,54)55)47(44(45)52)65-68(56,57)58/h11,13,17-18,39,42-47,50-52H,3-10,12,14-16,19-38H2,1-2H3,(H,59,60)(H2,53,54,55)(H2,56,57,58)/b13-11-,18-17-/t39-,42?,43?,44?,45+,46?,47+/m1/s1. The molecule has 69 heavy (non-hydrogen) atoms. The van der Waals surface area contributed by atoms with Crippen LogP contribution in [0.5, 0.6) is 0 Å². The highest BCUT2D eigenvalue weighted by Gasteiger charge is 2.56. The highest BCUT2D eigenvalue weighted by Crippen LogP contribution is 2.51. The predicted octanol–water partition coefficient (Wildman–Crippen LogP) is 9.85. The fourth-order valence-corrected chi connectivity index (χ4v) is 10.0. The largest absolute Gasteiger partial charge is 0.472 e. The third kappa shape index (κ3) is 35.4. The van der Waals surface area contributed by atoms with Crippen LogP contribution in [0.1, 0.15) is 206 Å². The Morgan fingerprint density at radius 3 is 1.30 bits per heavy atom. The summed E-state index contributed by atoms with van der Waals surface area (Å²) in [6, 6.07) is 0. The third-order valence-corrected chi connectivity index (χ3v) is 13.8. The van der Waals surface area contributed by atoms with E-state index in [-0.39, 0.29) is 12.8 Å². The van der Waals surface area contributed by atoms with Crippen molar-refractivity contribution in [2.24, 2.45) is 0 Å². The summed E-state index contributed by atoms with van der Waals surface area (Å²) in [6.07, 6.45) is 23.3. The molecule has 0 aliphatic heterocycles. The normalized spacial score (nSPS) is 21.5. The topological polar surface area (TPSA) is 303 Å². The van der Waals surface area contributed by atoms with Crippen LogP contribution in [-0.4, -0.2) is 108 Å². The van der Waals surface area contributed by atoms with Gasteiger partial charge in [-0.2, -0.15) is 0 Å². The van der Waals surface area contributed by atoms with Gasteiger partial charge in [-0.1, -0.05) is 173 Å². The lowest BCUT2D eigenvalue weighted by atomic mass is 9.85. The summed E-state index contributed by atoms with van der Waals surface area (Å²) in [7, 11) is -16.6. The number of aliphatic hydroxyl groups is 3. The molecule has 22 heteroatoms. The minimum absolute atomic E-state index is 0.00134. The molecular formula is C47H89O19P3. The first-order chi connectivity index (χ1) is 32.8. The van der Waals surface area contributed by atoms with Crippen LogP contribution in [-0.2, 0) is 50.9 Å². The number of carbonyl (C=O) groups excluding carboxylic acids is 2. The van der Waals surface area contributed by atoms with Crippen LogP contribution in [0.3, 0.4) is 0 Å². The third-order valence-electron chi connectivity index (χ3n) is 11.8. The number of unbranched alkanes of at least 4 members (excludes halogenated alkanes) is 24. The lowest BCUT2D eigenvalue weighted by Gasteiger charge is -2.44. The van der Waals surface area contributed by atoms with Crippen molar-refractivity contribution in [1.82, 2.24) is 0 Å². The van der Waals surface area contributed by atoms with E-state index in [1.807, 2.05) is 0 Å². The van der Waals surface area contributed by atoms with Gasteiger partial charge in [0.15, 0.2) is 6.10 Å². The molecule has 0 spiro atoms. The van der Waals surface area contributed by atoms with Crippen molar-refractivity contribution < 1.29 is 90.6 Å². The van der Waals surface area contributed by atoms with Crippen molar-refractivity contribution in [3.05, 3.63) is 24.3 Å². The van der Waals surface area contributed by atoms with E-state index in [2.05, 4.69) is 47.2 Å². The van der Waals surface area contributed by atoms with E-state index in [4.69, 9.17) is 18.5 Å². The number of carbonyl (C=O) groups is 2. The van der Waals surface area contributed by atoms with Crippen LogP contribution < -0.4 is 0 Å². The maximum absolute atomic E-state index is 13.1. The Morgan fingerprint density at radius 1 is 0.464 bits per heavy atom. The molecule has 0 bridgehead atoms. The van der Waals surface area contributed by atoms with E-state index in [1.165, 1.54) is 83.5 Å². The molecule has 8 N–H and O–H groups in total. The highest BCUT2D eigenvalue weighted by atomic mass is 31.2. The van der Waals surface area contributed by atoms with E-state index >= 15 is 0 Å². The van der Waals surface area contributed by atoms with Crippen LogP contribution >= 0.6 is 23.5 Å². The molecule has 0 aromatic rings. The number of phosphoric acid groups is 3. The molecular weight excluding hydrogens is 961 g/mol. The summed E-state index contributed by atoms with van der Waals surface area (Å²) in [5.41, 5.74) is 0. The minimum Gasteiger partial charge on any atom is -0.462 e. The number of aliphatic hydroxyl groups excluding tert-OH is 3. The van der Waals surface area contributed by atoms with Crippen molar-refractivity contribution in [3.8, 4) is 0 Å². The lowest BCUT2D eigenvalue weighted by molar-refractivity contribution is -0.213. The number of ether oxygens (including phenoxy) is 2. The lowest BCUT2D eigenvalue weighted by Crippen LogP contribution is -2.65. The molecule has 0 amide bonds. The summed E-state index contributed by atoms with van der Waals surface area (Å²) in [4.78, 5) is 73.3. The van der Waals surface area contributed by atoms with Gasteiger partial charge in [0, 0.05) is 12.8 Å². The van der Waals surface area contributed by atoms with Crippen LogP contribution in [0, 0.1) is 0 Å². The Balaban J connectivity index is 2.66. The van der Waals surface area contributed by atoms with Crippen LogP contribution in [0.2, 0.25) is 0 Å². The molecule has 0 saturated heterocycles. The van der Waals surface area contributed by atoms with Crippen molar-refractivity contribution in [3.63, 3.8) is 0 Å². The van der Waals surface area contributed by atoms with Gasteiger partial charge in [-0.3, -0.25) is 27.7 Å². The Hall–Kier alpha value is -1.37. The molecule has 8 atom stereocenters. The van der Waals surface area contributed by atoms with E-state index in [0.717, 1.165) is 83.5 Å². The Labute approximate surface area is 411 Å². The van der Waals surface area contributed by atoms with Gasteiger partial charge in [-0.25, -0.2) is 13.7 Å². The first kappa shape index (κ1) is 65.6. The second kappa shape index (κ2) is 39.1. The van der Waals surface area contributed by atoms with E-state index in [1.54, 1.807) is 0 Å². The maximum atomic E-state index is 13.1. The second-order valence-corrected chi connectivity index (χ2v) is 21.9. The minimum atomic E-state index is -5.60. The van der Waals surface area contributed by atoms with Gasteiger partial charge in [-0.05, 0) is 44.9 Å². The zero-order valence-electron chi connectivity index (χ0n) is 41.4. The van der Waals surface area contributed by atoms with Crippen molar-refractivity contribution in [2.75, 3.05) is 13.2 Å². The summed E-state index contributed by atoms with van der Waals surface area (Å²) in [6.45, 7) is 2.94. The Morgan fingerprint density at radius 2 is 0.841 bits per heavy atom. The van der Waals surface area contributed by atoms with E-state index < -0.39 is 91.3 Å². The first-order valence-electron chi connectivity index (χ1n) is 25.6. The molecule has 19 nitrogen and oxygen atoms in total. The van der Waals surface area contributed by atoms with Crippen molar-refractivity contribution in [1.29, 1.82) is 0 Å². The molecule has 1 fully saturated rings. The summed E-state index contributed by atoms with van der Waals surface area (Å²) in [5.74, 6) is -1.29. The van der Waals surface area contributed by atoms with Gasteiger partial charge in [-0.15, -0.1) is 0 Å². The zero-order valence-corrected chi connectivity index (χ0v) is 44.1. The second-order valence-electron chi connectivity index (χ2n) is 18.1. The molecule has 406 valence electrons. The number of hydrogen-bond donors (Lipinski definition) is 8. The molecule has 0 radical (unpaired) electrons. The van der Waals surface area contributed by atoms with Gasteiger partial charge in [0.1, 0.15) is 43.2 Å². The number of hydrogen-bond acceptors (Lipinski definition) is 14. The molecule has 1 saturated carbocycles. The summed E-state index contributed by atoms with van der Waals surface area (Å²) >= 11 is 0. The number of rotatable bonds is 44. The molecule has 0 aromatic heterocycles. The van der Waals surface area contributed by atoms with Gasteiger partial charge in [0.2, 0.25) is 0 Å². The molecule has 1 aliphatic rings. The fourth-order valence-electron chi connectivity index (χ4n) is 7.91. The number of esters is 2. The van der Waals surface area contributed by atoms with Crippen LogP contribution in [0.25, 0.3) is 0 Å². The van der Waals surface area contributed by atoms with Crippen LogP contribution in [0.4, 0.5) is 0 Å². The summed E-state index contributed by atoms with van der Waals surface area (Å²) in [5, 5.41) is 31.9. The Bertz CT molecular complexity index is 1540. The van der Waals surface area contributed by atoms with Crippen LogP contribution in [0.15, 0.2) is 24.3 Å². The predicted molar refractivity (Wildman–Crippen MR) is 261 cm³/mol. The molecule has 1 aliphatic carbocycles. The maximum Gasteiger partial charge on any atom is 0.472 e. The molecule has 1 rings (SSSR count). The van der Waals surface area contributed by atoms with E-state index in [9.17, 15) is 63.1 Å². The van der Waals surface area contributed by atoms with Crippen molar-refractivity contribution >= 4 is 35.4 Å². The average molecular weight is 1050 g/mol. The summed E-state index contributed by atoms with van der Waals surface area (Å²) < 4.78 is 65.6. The quantitative estimate of drug-likeness (QED) is 0.0122. The van der Waals surface area contributed by atoms with Gasteiger partial charge < -0.3 is 49.3 Å². The van der Waals surface area contributed by atoms with Gasteiger partial charge in [0.25, 0.3) is 0 Å². The molecule has 0 aromatic carbocycles. The van der Waals surface area contributed by atoms with E-state index in [0.29, 0.717) is 12.8 Å². The van der Waals surface area contributed by atoms with Gasteiger partial charge >= 0.3 is 35.4 Å². The molecule has 0 heterocycles. The van der Waals surface area contributed by atoms with Gasteiger partial charge in [0.05, 0.1) is 6.61 Å². The number of phosphoric ester groups is 3. The fraction of sp³-hybridized carbons (Fsp3) is 0.872. The number of allylic oxidation sites excluding steroid dienone is 4. The Kier molecular flexibility index (Phi) is 37.2.